The largest absolute Gasteiger partial charge is 0.350 e. The van der Waals surface area contributed by atoms with Gasteiger partial charge in [-0.25, -0.2) is 0 Å². The lowest BCUT2D eigenvalue weighted by atomic mass is 9.83. The maximum Gasteiger partial charge on any atom is 0.220 e. The summed E-state index contributed by atoms with van der Waals surface area (Å²) in [5.41, 5.74) is 1.17. The van der Waals surface area contributed by atoms with Crippen LogP contribution < -0.4 is 5.32 Å². The van der Waals surface area contributed by atoms with E-state index in [2.05, 4.69) is 37.3 Å². The van der Waals surface area contributed by atoms with E-state index in [1.165, 1.54) is 5.69 Å². The van der Waals surface area contributed by atoms with Crippen LogP contribution in [0, 0.1) is 5.92 Å². The molecule has 1 aliphatic heterocycles. The second-order valence-corrected chi connectivity index (χ2v) is 5.74. The number of nitrogens with zero attached hydrogens (tertiary/aromatic N) is 2. The number of hydrogen-bond donors (Lipinski definition) is 1. The van der Waals surface area contributed by atoms with Crippen molar-refractivity contribution in [3.8, 4) is 0 Å². The summed E-state index contributed by atoms with van der Waals surface area (Å²) >= 11 is 0. The molecule has 1 saturated heterocycles. The van der Waals surface area contributed by atoms with Crippen LogP contribution in [-0.2, 0) is 17.8 Å². The van der Waals surface area contributed by atoms with Gasteiger partial charge in [0.25, 0.3) is 0 Å². The molecular formula is C14H23N3O. The fraction of sp³-hybridized carbons (Fsp3) is 0.714. The molecule has 1 fully saturated rings. The smallest absolute Gasteiger partial charge is 0.220 e. The first-order chi connectivity index (χ1) is 8.54. The predicted octanol–water partition coefficient (Wildman–Crippen LogP) is 2.14. The molecule has 1 atom stereocenters. The highest BCUT2D eigenvalue weighted by Gasteiger charge is 2.38. The number of amides is 1. The minimum Gasteiger partial charge on any atom is -0.350 e. The summed E-state index contributed by atoms with van der Waals surface area (Å²) in [5.74, 6) is 0.777. The molecule has 4 nitrogen and oxygen atoms in total. The van der Waals surface area contributed by atoms with Crippen LogP contribution in [0.2, 0.25) is 0 Å². The quantitative estimate of drug-likeness (QED) is 0.869. The molecule has 0 radical (unpaired) electrons. The van der Waals surface area contributed by atoms with Crippen LogP contribution in [0.1, 0.15) is 45.7 Å². The Balaban J connectivity index is 2.18. The zero-order valence-corrected chi connectivity index (χ0v) is 11.6. The molecule has 0 aromatic carbocycles. The Kier molecular flexibility index (Phi) is 3.73. The molecule has 1 unspecified atom stereocenters. The molecule has 2 heterocycles. The van der Waals surface area contributed by atoms with Gasteiger partial charge in [-0.3, -0.25) is 9.48 Å². The Hall–Kier alpha value is -1.32. The summed E-state index contributed by atoms with van der Waals surface area (Å²) in [7, 11) is 0. The van der Waals surface area contributed by atoms with Gasteiger partial charge in [0.15, 0.2) is 0 Å². The van der Waals surface area contributed by atoms with E-state index in [1.54, 1.807) is 0 Å². The second kappa shape index (κ2) is 5.12. The lowest BCUT2D eigenvalue weighted by molar-refractivity contribution is -0.119. The van der Waals surface area contributed by atoms with Crippen LogP contribution in [0.25, 0.3) is 0 Å². The van der Waals surface area contributed by atoms with Crippen LogP contribution in [0.4, 0.5) is 0 Å². The molecule has 0 bridgehead atoms. The molecule has 1 amide bonds. The average Bonchev–Trinajstić information content (AvgIpc) is 2.85. The molecular weight excluding hydrogens is 226 g/mol. The van der Waals surface area contributed by atoms with Gasteiger partial charge in [0, 0.05) is 36.8 Å². The molecule has 0 spiro atoms. The van der Waals surface area contributed by atoms with Gasteiger partial charge in [-0.2, -0.15) is 5.10 Å². The number of rotatable bonds is 5. The van der Waals surface area contributed by atoms with Crippen molar-refractivity contribution in [3.05, 3.63) is 18.0 Å². The first-order valence-corrected chi connectivity index (χ1v) is 6.86. The van der Waals surface area contributed by atoms with Gasteiger partial charge >= 0.3 is 0 Å². The zero-order valence-electron chi connectivity index (χ0n) is 11.6. The number of carbonyl (C=O) groups excluding carboxylic acids is 1. The Labute approximate surface area is 109 Å². The van der Waals surface area contributed by atoms with Gasteiger partial charge in [0.2, 0.25) is 5.91 Å². The van der Waals surface area contributed by atoms with Crippen molar-refractivity contribution in [2.75, 3.05) is 0 Å². The fourth-order valence-corrected chi connectivity index (χ4v) is 3.05. The van der Waals surface area contributed by atoms with Gasteiger partial charge in [-0.1, -0.05) is 13.8 Å². The van der Waals surface area contributed by atoms with Crippen molar-refractivity contribution in [2.24, 2.45) is 5.92 Å². The standard InChI is InChI=1S/C14H23N3O/c1-4-17-12(6-8-15-17)10-14(9-11(2)3)7-5-13(18)16-14/h6,8,11H,4-5,7,9-10H2,1-3H3,(H,16,18). The minimum atomic E-state index is -0.0573. The lowest BCUT2D eigenvalue weighted by Gasteiger charge is -2.31. The van der Waals surface area contributed by atoms with E-state index in [-0.39, 0.29) is 11.4 Å². The van der Waals surface area contributed by atoms with E-state index in [1.807, 2.05) is 10.9 Å². The maximum absolute atomic E-state index is 11.6. The summed E-state index contributed by atoms with van der Waals surface area (Å²) in [6.45, 7) is 7.40. The molecule has 0 aliphatic carbocycles. The van der Waals surface area contributed by atoms with Gasteiger partial charge in [-0.15, -0.1) is 0 Å². The van der Waals surface area contributed by atoms with E-state index in [0.717, 1.165) is 25.8 Å². The van der Waals surface area contributed by atoms with E-state index in [9.17, 15) is 4.79 Å². The Bertz CT molecular complexity index is 424. The van der Waals surface area contributed by atoms with Crippen LogP contribution in [-0.4, -0.2) is 21.2 Å². The van der Waals surface area contributed by atoms with E-state index >= 15 is 0 Å². The molecule has 1 aromatic rings. The zero-order chi connectivity index (χ0) is 13.2. The molecule has 4 heteroatoms. The average molecular weight is 249 g/mol. The highest BCUT2D eigenvalue weighted by atomic mass is 16.2. The number of nitrogens with one attached hydrogen (secondary N) is 1. The summed E-state index contributed by atoms with van der Waals surface area (Å²) < 4.78 is 2.02. The second-order valence-electron chi connectivity index (χ2n) is 5.74. The SMILES string of the molecule is CCn1nccc1CC1(CC(C)C)CCC(=O)N1. The van der Waals surface area contributed by atoms with Crippen molar-refractivity contribution in [2.45, 2.75) is 58.5 Å². The number of carbonyl (C=O) groups is 1. The summed E-state index contributed by atoms with van der Waals surface area (Å²) in [6, 6.07) is 2.07. The minimum absolute atomic E-state index is 0.0573. The molecule has 1 aliphatic rings. The van der Waals surface area contributed by atoms with Crippen LogP contribution in [0.5, 0.6) is 0 Å². The van der Waals surface area contributed by atoms with Crippen LogP contribution in [0.3, 0.4) is 0 Å². The van der Waals surface area contributed by atoms with Gasteiger partial charge < -0.3 is 5.32 Å². The number of aryl methyl sites for hydroxylation is 1. The van der Waals surface area contributed by atoms with E-state index in [0.29, 0.717) is 12.3 Å². The molecule has 1 aromatic heterocycles. The molecule has 2 rings (SSSR count). The normalized spacial score (nSPS) is 23.7. The van der Waals surface area contributed by atoms with Gasteiger partial charge in [0.05, 0.1) is 0 Å². The third-order valence-corrected chi connectivity index (χ3v) is 3.66. The monoisotopic (exact) mass is 249 g/mol. The molecule has 100 valence electrons. The van der Waals surface area contributed by atoms with Crippen LogP contribution in [0.15, 0.2) is 12.3 Å². The Morgan fingerprint density at radius 2 is 2.33 bits per heavy atom. The summed E-state index contributed by atoms with van der Waals surface area (Å²) in [4.78, 5) is 11.6. The number of hydrogen-bond acceptors (Lipinski definition) is 2. The van der Waals surface area contributed by atoms with E-state index in [4.69, 9.17) is 0 Å². The Morgan fingerprint density at radius 3 is 2.89 bits per heavy atom. The van der Waals surface area contributed by atoms with Crippen molar-refractivity contribution < 1.29 is 4.79 Å². The lowest BCUT2D eigenvalue weighted by Crippen LogP contribution is -2.45. The molecule has 1 N–H and O–H groups in total. The van der Waals surface area contributed by atoms with Crippen molar-refractivity contribution >= 4 is 5.91 Å². The van der Waals surface area contributed by atoms with Crippen LogP contribution >= 0.6 is 0 Å². The third-order valence-electron chi connectivity index (χ3n) is 3.66. The molecule has 18 heavy (non-hydrogen) atoms. The van der Waals surface area contributed by atoms with Gasteiger partial charge in [0.1, 0.15) is 0 Å². The fourth-order valence-electron chi connectivity index (χ4n) is 3.05. The maximum atomic E-state index is 11.6. The topological polar surface area (TPSA) is 46.9 Å². The van der Waals surface area contributed by atoms with Crippen molar-refractivity contribution in [1.29, 1.82) is 0 Å². The first kappa shape index (κ1) is 13.1. The highest BCUT2D eigenvalue weighted by molar-refractivity contribution is 5.79. The number of aromatic nitrogens is 2. The Morgan fingerprint density at radius 1 is 1.56 bits per heavy atom. The van der Waals surface area contributed by atoms with Crippen molar-refractivity contribution in [3.63, 3.8) is 0 Å². The van der Waals surface area contributed by atoms with Crippen molar-refractivity contribution in [1.82, 2.24) is 15.1 Å². The third kappa shape index (κ3) is 2.74. The predicted molar refractivity (Wildman–Crippen MR) is 71.2 cm³/mol. The highest BCUT2D eigenvalue weighted by Crippen LogP contribution is 2.31. The van der Waals surface area contributed by atoms with Gasteiger partial charge in [-0.05, 0) is 31.7 Å². The first-order valence-electron chi connectivity index (χ1n) is 6.86. The molecule has 0 saturated carbocycles. The summed E-state index contributed by atoms with van der Waals surface area (Å²) in [6.07, 6.45) is 5.38. The van der Waals surface area contributed by atoms with E-state index < -0.39 is 0 Å². The summed E-state index contributed by atoms with van der Waals surface area (Å²) in [5, 5.41) is 7.52.